The van der Waals surface area contributed by atoms with Crippen molar-refractivity contribution in [3.63, 3.8) is 0 Å². The van der Waals surface area contributed by atoms with Crippen LogP contribution in [0.1, 0.15) is 31.4 Å². The lowest BCUT2D eigenvalue weighted by molar-refractivity contribution is 0.396. The molecule has 0 spiro atoms. The summed E-state index contributed by atoms with van der Waals surface area (Å²) in [6.45, 7) is 4.11. The van der Waals surface area contributed by atoms with Gasteiger partial charge < -0.3 is 20.1 Å². The summed E-state index contributed by atoms with van der Waals surface area (Å²) in [5.41, 5.74) is 8.06. The van der Waals surface area contributed by atoms with Gasteiger partial charge in [0.15, 0.2) is 0 Å². The van der Waals surface area contributed by atoms with Gasteiger partial charge in [0.05, 0.1) is 19.9 Å². The number of rotatable bonds is 4. The lowest BCUT2D eigenvalue weighted by Crippen LogP contribution is -2.19. The second-order valence-corrected chi connectivity index (χ2v) is 4.75. The number of methoxy groups -OCH3 is 2. The summed E-state index contributed by atoms with van der Waals surface area (Å²) >= 11 is 0. The first-order valence-electron chi connectivity index (χ1n) is 6.43. The standard InChI is InChI=1S/C14H22N2O2/c1-10(15)11-8-14(18-3)12(9-13(11)17-2)16-6-4-5-7-16/h8-10H,4-7,15H2,1-3H3. The molecule has 0 amide bonds. The normalized spacial score (nSPS) is 16.8. The molecule has 1 fully saturated rings. The second-order valence-electron chi connectivity index (χ2n) is 4.75. The lowest BCUT2D eigenvalue weighted by Gasteiger charge is -2.23. The third-order valence-corrected chi connectivity index (χ3v) is 3.47. The maximum absolute atomic E-state index is 5.97. The molecular weight excluding hydrogens is 228 g/mol. The third kappa shape index (κ3) is 2.38. The second kappa shape index (κ2) is 5.48. The van der Waals surface area contributed by atoms with E-state index >= 15 is 0 Å². The third-order valence-electron chi connectivity index (χ3n) is 3.47. The fourth-order valence-corrected chi connectivity index (χ4v) is 2.47. The zero-order valence-corrected chi connectivity index (χ0v) is 11.4. The van der Waals surface area contributed by atoms with Crippen molar-refractivity contribution >= 4 is 5.69 Å². The van der Waals surface area contributed by atoms with Gasteiger partial charge in [-0.25, -0.2) is 0 Å². The first-order valence-corrected chi connectivity index (χ1v) is 6.43. The van der Waals surface area contributed by atoms with Crippen LogP contribution in [0.5, 0.6) is 11.5 Å². The Morgan fingerprint density at radius 3 is 2.22 bits per heavy atom. The zero-order valence-electron chi connectivity index (χ0n) is 11.4. The highest BCUT2D eigenvalue weighted by Crippen LogP contribution is 2.38. The molecule has 1 aromatic carbocycles. The fraction of sp³-hybridized carbons (Fsp3) is 0.571. The van der Waals surface area contributed by atoms with E-state index in [4.69, 9.17) is 15.2 Å². The van der Waals surface area contributed by atoms with Gasteiger partial charge in [0.2, 0.25) is 0 Å². The van der Waals surface area contributed by atoms with Crippen LogP contribution in [-0.2, 0) is 0 Å². The van der Waals surface area contributed by atoms with Crippen LogP contribution in [-0.4, -0.2) is 27.3 Å². The number of hydrogen-bond acceptors (Lipinski definition) is 4. The Kier molecular flexibility index (Phi) is 3.97. The Bertz CT molecular complexity index is 413. The quantitative estimate of drug-likeness (QED) is 0.891. The Labute approximate surface area is 109 Å². The molecule has 4 heteroatoms. The van der Waals surface area contributed by atoms with E-state index in [1.165, 1.54) is 12.8 Å². The van der Waals surface area contributed by atoms with Crippen LogP contribution in [0.4, 0.5) is 5.69 Å². The summed E-state index contributed by atoms with van der Waals surface area (Å²) in [5, 5.41) is 0. The molecule has 2 N–H and O–H groups in total. The molecule has 18 heavy (non-hydrogen) atoms. The van der Waals surface area contributed by atoms with Crippen LogP contribution in [0.3, 0.4) is 0 Å². The van der Waals surface area contributed by atoms with Crippen molar-refractivity contribution < 1.29 is 9.47 Å². The number of nitrogens with two attached hydrogens (primary N) is 1. The van der Waals surface area contributed by atoms with E-state index in [1.54, 1.807) is 14.2 Å². The van der Waals surface area contributed by atoms with Gasteiger partial charge in [0, 0.05) is 30.8 Å². The molecule has 1 aliphatic heterocycles. The first-order chi connectivity index (χ1) is 8.67. The average molecular weight is 250 g/mol. The molecule has 0 bridgehead atoms. The van der Waals surface area contributed by atoms with Crippen molar-refractivity contribution in [3.8, 4) is 11.5 Å². The highest BCUT2D eigenvalue weighted by atomic mass is 16.5. The van der Waals surface area contributed by atoms with Gasteiger partial charge in [-0.15, -0.1) is 0 Å². The van der Waals surface area contributed by atoms with E-state index in [1.807, 2.05) is 19.1 Å². The van der Waals surface area contributed by atoms with Crippen LogP contribution >= 0.6 is 0 Å². The Balaban J connectivity index is 2.45. The number of hydrogen-bond donors (Lipinski definition) is 1. The van der Waals surface area contributed by atoms with Crippen molar-refractivity contribution in [1.82, 2.24) is 0 Å². The maximum atomic E-state index is 5.97. The summed E-state index contributed by atoms with van der Waals surface area (Å²) < 4.78 is 10.9. The van der Waals surface area contributed by atoms with Crippen molar-refractivity contribution in [1.29, 1.82) is 0 Å². The number of ether oxygens (including phenoxy) is 2. The van der Waals surface area contributed by atoms with Gasteiger partial charge in [0.25, 0.3) is 0 Å². The first kappa shape index (κ1) is 13.0. The van der Waals surface area contributed by atoms with Gasteiger partial charge in [0.1, 0.15) is 11.5 Å². The van der Waals surface area contributed by atoms with E-state index < -0.39 is 0 Å². The van der Waals surface area contributed by atoms with Crippen molar-refractivity contribution in [2.24, 2.45) is 5.73 Å². The van der Waals surface area contributed by atoms with Crippen LogP contribution in [0.25, 0.3) is 0 Å². The molecular formula is C14H22N2O2. The SMILES string of the molecule is COc1cc(N2CCCC2)c(OC)cc1C(C)N. The topological polar surface area (TPSA) is 47.7 Å². The molecule has 0 aliphatic carbocycles. The van der Waals surface area contributed by atoms with Crippen molar-refractivity contribution in [3.05, 3.63) is 17.7 Å². The zero-order chi connectivity index (χ0) is 13.1. The molecule has 100 valence electrons. The minimum atomic E-state index is -0.0681. The van der Waals surface area contributed by atoms with Crippen LogP contribution in [0, 0.1) is 0 Å². The fourth-order valence-electron chi connectivity index (χ4n) is 2.47. The molecule has 1 atom stereocenters. The van der Waals surface area contributed by atoms with E-state index in [0.717, 1.165) is 35.8 Å². The van der Waals surface area contributed by atoms with E-state index in [-0.39, 0.29) is 6.04 Å². The molecule has 0 aromatic heterocycles. The highest BCUT2D eigenvalue weighted by molar-refractivity contribution is 5.64. The minimum Gasteiger partial charge on any atom is -0.496 e. The molecule has 0 radical (unpaired) electrons. The van der Waals surface area contributed by atoms with Crippen molar-refractivity contribution in [2.75, 3.05) is 32.2 Å². The largest absolute Gasteiger partial charge is 0.496 e. The van der Waals surface area contributed by atoms with Gasteiger partial charge in [-0.1, -0.05) is 0 Å². The van der Waals surface area contributed by atoms with Crippen LogP contribution < -0.4 is 20.1 Å². The van der Waals surface area contributed by atoms with Gasteiger partial charge >= 0.3 is 0 Å². The summed E-state index contributed by atoms with van der Waals surface area (Å²) in [4.78, 5) is 2.34. The molecule has 1 aliphatic rings. The van der Waals surface area contributed by atoms with Crippen LogP contribution in [0.2, 0.25) is 0 Å². The number of anilines is 1. The average Bonchev–Trinajstić information content (AvgIpc) is 2.90. The maximum Gasteiger partial charge on any atom is 0.142 e. The van der Waals surface area contributed by atoms with Crippen LogP contribution in [0.15, 0.2) is 12.1 Å². The van der Waals surface area contributed by atoms with Crippen molar-refractivity contribution in [2.45, 2.75) is 25.8 Å². The van der Waals surface area contributed by atoms with Gasteiger partial charge in [-0.05, 0) is 25.8 Å². The molecule has 1 heterocycles. The lowest BCUT2D eigenvalue weighted by atomic mass is 10.1. The van der Waals surface area contributed by atoms with Gasteiger partial charge in [-0.2, -0.15) is 0 Å². The predicted molar refractivity (Wildman–Crippen MR) is 73.6 cm³/mol. The summed E-state index contributed by atoms with van der Waals surface area (Å²) in [7, 11) is 3.38. The van der Waals surface area contributed by atoms with E-state index in [0.29, 0.717) is 0 Å². The van der Waals surface area contributed by atoms with E-state index in [9.17, 15) is 0 Å². The number of benzene rings is 1. The highest BCUT2D eigenvalue weighted by Gasteiger charge is 2.20. The molecule has 0 saturated carbocycles. The number of nitrogens with zero attached hydrogens (tertiary/aromatic N) is 1. The Morgan fingerprint density at radius 1 is 1.11 bits per heavy atom. The summed E-state index contributed by atoms with van der Waals surface area (Å²) in [5.74, 6) is 1.72. The minimum absolute atomic E-state index is 0.0681. The Morgan fingerprint density at radius 2 is 1.72 bits per heavy atom. The molecule has 4 nitrogen and oxygen atoms in total. The summed E-state index contributed by atoms with van der Waals surface area (Å²) in [6.07, 6.45) is 2.47. The smallest absolute Gasteiger partial charge is 0.142 e. The molecule has 2 rings (SSSR count). The monoisotopic (exact) mass is 250 g/mol. The van der Waals surface area contributed by atoms with Gasteiger partial charge in [-0.3, -0.25) is 0 Å². The molecule has 1 aromatic rings. The molecule has 1 unspecified atom stereocenters. The molecule has 1 saturated heterocycles. The van der Waals surface area contributed by atoms with E-state index in [2.05, 4.69) is 4.90 Å². The predicted octanol–water partition coefficient (Wildman–Crippen LogP) is 2.32. The summed E-state index contributed by atoms with van der Waals surface area (Å²) in [6, 6.07) is 3.97. The Hall–Kier alpha value is -1.42.